The number of sulfonamides is 1. The molecule has 0 unspecified atom stereocenters. The summed E-state index contributed by atoms with van der Waals surface area (Å²) in [5.41, 5.74) is 1.29. The number of anilines is 1. The molecule has 0 aromatic heterocycles. The maximum Gasteiger partial charge on any atom is 0.242 e. The summed E-state index contributed by atoms with van der Waals surface area (Å²) in [7, 11) is -2.28. The highest BCUT2D eigenvalue weighted by Crippen LogP contribution is 2.31. The number of nitrogens with zero attached hydrogens (tertiary/aromatic N) is 2. The minimum Gasteiger partial charge on any atom is -0.357 e. The maximum atomic E-state index is 14.6. The third-order valence-electron chi connectivity index (χ3n) is 6.15. The van der Waals surface area contributed by atoms with Crippen LogP contribution in [0.5, 0.6) is 0 Å². The lowest BCUT2D eigenvalue weighted by Crippen LogP contribution is -2.50. The van der Waals surface area contributed by atoms with Gasteiger partial charge >= 0.3 is 0 Å². The zero-order valence-electron chi connectivity index (χ0n) is 21.6. The van der Waals surface area contributed by atoms with Crippen LogP contribution in [0.25, 0.3) is 0 Å². The number of rotatable bonds is 12. The van der Waals surface area contributed by atoms with E-state index in [1.165, 1.54) is 30.1 Å². The number of halogens is 3. The van der Waals surface area contributed by atoms with Crippen molar-refractivity contribution in [3.8, 4) is 0 Å². The molecule has 3 aromatic carbocycles. The number of amides is 2. The van der Waals surface area contributed by atoms with Gasteiger partial charge in [-0.2, -0.15) is 0 Å². The molecular weight excluding hydrogens is 564 g/mol. The van der Waals surface area contributed by atoms with Gasteiger partial charge < -0.3 is 10.2 Å². The molecule has 3 rings (SSSR count). The van der Waals surface area contributed by atoms with Gasteiger partial charge in [0.05, 0.1) is 17.0 Å². The van der Waals surface area contributed by atoms with Crippen LogP contribution < -0.4 is 9.62 Å². The van der Waals surface area contributed by atoms with Gasteiger partial charge in [0, 0.05) is 43.6 Å². The van der Waals surface area contributed by atoms with Crippen molar-refractivity contribution in [3.63, 3.8) is 0 Å². The lowest BCUT2D eigenvalue weighted by atomic mass is 10.0. The smallest absolute Gasteiger partial charge is 0.242 e. The molecule has 0 heterocycles. The molecule has 3 aromatic rings. The third kappa shape index (κ3) is 8.42. The number of nitrogens with one attached hydrogen (secondary N) is 1. The Morgan fingerprint density at radius 2 is 1.67 bits per heavy atom. The molecule has 0 saturated heterocycles. The molecule has 0 saturated carbocycles. The van der Waals surface area contributed by atoms with E-state index in [0.717, 1.165) is 16.1 Å². The molecule has 0 spiro atoms. The topological polar surface area (TPSA) is 86.8 Å². The fraction of sp³-hybridized carbons (Fsp3) is 0.286. The van der Waals surface area contributed by atoms with Crippen LogP contribution in [0.2, 0.25) is 10.0 Å². The molecule has 1 atom stereocenters. The minimum absolute atomic E-state index is 0.0541. The summed E-state index contributed by atoms with van der Waals surface area (Å²) in [4.78, 5) is 27.9. The fourth-order valence-electron chi connectivity index (χ4n) is 4.19. The van der Waals surface area contributed by atoms with Crippen molar-refractivity contribution in [3.05, 3.63) is 99.8 Å². The van der Waals surface area contributed by atoms with Crippen molar-refractivity contribution >= 4 is 50.7 Å². The van der Waals surface area contributed by atoms with E-state index in [9.17, 15) is 22.4 Å². The van der Waals surface area contributed by atoms with Gasteiger partial charge in [0.15, 0.2) is 0 Å². The lowest BCUT2D eigenvalue weighted by molar-refractivity contribution is -0.141. The number of carbonyl (C=O) groups is 2. The van der Waals surface area contributed by atoms with Gasteiger partial charge in [0.25, 0.3) is 0 Å². The van der Waals surface area contributed by atoms with Crippen LogP contribution in [-0.2, 0) is 32.6 Å². The lowest BCUT2D eigenvalue weighted by Gasteiger charge is -2.31. The van der Waals surface area contributed by atoms with E-state index in [0.29, 0.717) is 5.02 Å². The van der Waals surface area contributed by atoms with Crippen LogP contribution >= 0.6 is 23.2 Å². The first kappa shape index (κ1) is 30.4. The quantitative estimate of drug-likeness (QED) is 0.318. The van der Waals surface area contributed by atoms with Gasteiger partial charge in [-0.05, 0) is 36.2 Å². The first-order valence-electron chi connectivity index (χ1n) is 12.2. The Kier molecular flexibility index (Phi) is 10.7. The Labute approximate surface area is 238 Å². The molecule has 0 aliphatic rings. The average Bonchev–Trinajstić information content (AvgIpc) is 2.90. The van der Waals surface area contributed by atoms with Crippen LogP contribution in [0.3, 0.4) is 0 Å². The van der Waals surface area contributed by atoms with Crippen molar-refractivity contribution < 1.29 is 22.4 Å². The number of likely N-dealkylation sites (N-methyl/N-ethyl adjacent to an activating group) is 1. The second kappa shape index (κ2) is 13.8. The normalized spacial score (nSPS) is 12.0. The van der Waals surface area contributed by atoms with E-state index in [1.807, 2.05) is 30.3 Å². The Hall–Kier alpha value is -3.14. The van der Waals surface area contributed by atoms with Crippen LogP contribution in [0.15, 0.2) is 72.8 Å². The van der Waals surface area contributed by atoms with Crippen molar-refractivity contribution in [2.24, 2.45) is 0 Å². The van der Waals surface area contributed by atoms with E-state index in [2.05, 4.69) is 5.32 Å². The van der Waals surface area contributed by atoms with E-state index >= 15 is 0 Å². The van der Waals surface area contributed by atoms with Gasteiger partial charge in [-0.25, -0.2) is 12.8 Å². The molecule has 0 bridgehead atoms. The molecule has 0 aliphatic carbocycles. The maximum absolute atomic E-state index is 14.6. The Bertz CT molecular complexity index is 1410. The van der Waals surface area contributed by atoms with Gasteiger partial charge in [-0.3, -0.25) is 13.9 Å². The summed E-state index contributed by atoms with van der Waals surface area (Å²) in [5, 5.41) is 3.11. The van der Waals surface area contributed by atoms with Gasteiger partial charge in [-0.1, -0.05) is 71.7 Å². The van der Waals surface area contributed by atoms with E-state index in [-0.39, 0.29) is 48.6 Å². The Morgan fingerprint density at radius 3 is 2.31 bits per heavy atom. The van der Waals surface area contributed by atoms with Crippen LogP contribution in [0.4, 0.5) is 10.1 Å². The molecule has 2 amide bonds. The SMILES string of the molecule is CNC(=O)[C@@H](Cc1ccccc1)N(Cc1ccccc1F)C(=O)CCCN(c1cc(Cl)ccc1Cl)S(C)(=O)=O. The number of carbonyl (C=O) groups excluding carboxylic acids is 2. The summed E-state index contributed by atoms with van der Waals surface area (Å²) >= 11 is 12.3. The molecular formula is C28H30Cl2FN3O4S. The molecule has 1 N–H and O–H groups in total. The first-order valence-corrected chi connectivity index (χ1v) is 14.8. The molecule has 7 nitrogen and oxygen atoms in total. The zero-order chi connectivity index (χ0) is 28.6. The third-order valence-corrected chi connectivity index (χ3v) is 7.88. The Morgan fingerprint density at radius 1 is 1.00 bits per heavy atom. The molecule has 208 valence electrons. The highest BCUT2D eigenvalue weighted by molar-refractivity contribution is 7.92. The predicted octanol–water partition coefficient (Wildman–Crippen LogP) is 5.06. The first-order chi connectivity index (χ1) is 18.5. The largest absolute Gasteiger partial charge is 0.357 e. The molecule has 39 heavy (non-hydrogen) atoms. The number of hydrogen-bond acceptors (Lipinski definition) is 4. The van der Waals surface area contributed by atoms with Crippen LogP contribution in [0, 0.1) is 5.82 Å². The summed E-state index contributed by atoms with van der Waals surface area (Å²) in [6.45, 7) is -0.187. The van der Waals surface area contributed by atoms with Crippen molar-refractivity contribution in [2.75, 3.05) is 24.2 Å². The van der Waals surface area contributed by atoms with E-state index < -0.39 is 33.7 Å². The van der Waals surface area contributed by atoms with Gasteiger partial charge in [0.2, 0.25) is 21.8 Å². The minimum atomic E-state index is -3.75. The number of hydrogen-bond donors (Lipinski definition) is 1. The standard InChI is InChI=1S/C28H30Cl2FN3O4S/c1-32-28(36)26(17-20-9-4-3-5-10-20)33(19-21-11-6-7-12-24(21)31)27(35)13-8-16-34(39(2,37)38)25-18-22(29)14-15-23(25)30/h3-7,9-12,14-15,18,26H,8,13,16-17,19H2,1-2H3,(H,32,36)/t26-/m1/s1. The highest BCUT2D eigenvalue weighted by Gasteiger charge is 2.30. The predicted molar refractivity (Wildman–Crippen MR) is 153 cm³/mol. The van der Waals surface area contributed by atoms with Crippen molar-refractivity contribution in [1.29, 1.82) is 0 Å². The highest BCUT2D eigenvalue weighted by atomic mass is 35.5. The summed E-state index contributed by atoms with van der Waals surface area (Å²) in [6, 6.07) is 18.8. The van der Waals surface area contributed by atoms with Crippen LogP contribution in [-0.4, -0.2) is 51.0 Å². The summed E-state index contributed by atoms with van der Waals surface area (Å²) in [6.07, 6.45) is 1.28. The van der Waals surface area contributed by atoms with E-state index in [1.54, 1.807) is 24.3 Å². The van der Waals surface area contributed by atoms with Gasteiger partial charge in [-0.15, -0.1) is 0 Å². The average molecular weight is 595 g/mol. The zero-order valence-corrected chi connectivity index (χ0v) is 23.9. The van der Waals surface area contributed by atoms with Crippen molar-refractivity contribution in [1.82, 2.24) is 10.2 Å². The van der Waals surface area contributed by atoms with Crippen molar-refractivity contribution in [2.45, 2.75) is 31.8 Å². The van der Waals surface area contributed by atoms with Gasteiger partial charge in [0.1, 0.15) is 11.9 Å². The fourth-order valence-corrected chi connectivity index (χ4v) is 5.60. The van der Waals surface area contributed by atoms with Crippen LogP contribution in [0.1, 0.15) is 24.0 Å². The number of benzene rings is 3. The summed E-state index contributed by atoms with van der Waals surface area (Å²) in [5.74, 6) is -1.31. The molecule has 0 fully saturated rings. The second-order valence-electron chi connectivity index (χ2n) is 8.97. The van der Waals surface area contributed by atoms with E-state index in [4.69, 9.17) is 23.2 Å². The second-order valence-corrected chi connectivity index (χ2v) is 11.7. The molecule has 0 radical (unpaired) electrons. The summed E-state index contributed by atoms with van der Waals surface area (Å²) < 4.78 is 40.8. The monoisotopic (exact) mass is 593 g/mol. The molecule has 11 heteroatoms. The Balaban J connectivity index is 1.87. The molecule has 0 aliphatic heterocycles.